The Labute approximate surface area is 330 Å². The second-order valence-corrected chi connectivity index (χ2v) is 16.3. The number of esters is 3. The second kappa shape index (κ2) is 19.5. The number of likely N-dealkylation sites (N-methyl/N-ethyl adjacent to an activating group) is 2. The quantitative estimate of drug-likeness (QED) is 0.136. The molecule has 5 rings (SSSR count). The first-order chi connectivity index (χ1) is 26.7. The Morgan fingerprint density at radius 1 is 0.768 bits per heavy atom. The van der Waals surface area contributed by atoms with Crippen LogP contribution in [0, 0.1) is 11.8 Å². The van der Waals surface area contributed by atoms with Crippen molar-refractivity contribution in [3.05, 3.63) is 65.7 Å². The molecule has 13 nitrogen and oxygen atoms in total. The van der Waals surface area contributed by atoms with Gasteiger partial charge in [0.1, 0.15) is 24.3 Å². The van der Waals surface area contributed by atoms with Crippen molar-refractivity contribution in [3.63, 3.8) is 0 Å². The molecule has 1 heterocycles. The van der Waals surface area contributed by atoms with Crippen LogP contribution in [-0.4, -0.2) is 110 Å². The predicted octanol–water partition coefficient (Wildman–Crippen LogP) is 5.71. The Balaban J connectivity index is 1.32. The molecule has 306 valence electrons. The molecule has 2 amide bonds. The summed E-state index contributed by atoms with van der Waals surface area (Å²) in [5.41, 5.74) is 2.03. The lowest BCUT2D eigenvalue weighted by Gasteiger charge is -2.33. The Morgan fingerprint density at radius 3 is 1.91 bits per heavy atom. The van der Waals surface area contributed by atoms with Crippen LogP contribution in [0.25, 0.3) is 0 Å². The number of carbonyl (C=O) groups excluding carboxylic acids is 5. The zero-order valence-electron chi connectivity index (χ0n) is 33.8. The smallest absolute Gasteiger partial charge is 0.410 e. The largest absolute Gasteiger partial charge is 0.458 e. The molecule has 2 saturated carbocycles. The first-order valence-corrected chi connectivity index (χ1v) is 19.9. The third-order valence-electron chi connectivity index (χ3n) is 10.4. The number of amides is 2. The van der Waals surface area contributed by atoms with Crippen LogP contribution in [0.15, 0.2) is 54.6 Å². The van der Waals surface area contributed by atoms with Crippen molar-refractivity contribution in [1.82, 2.24) is 9.80 Å². The van der Waals surface area contributed by atoms with Gasteiger partial charge >= 0.3 is 24.0 Å². The second-order valence-electron chi connectivity index (χ2n) is 16.3. The molecular formula is C43H59N3O10. The normalized spacial score (nSPS) is 17.8. The van der Waals surface area contributed by atoms with Crippen LogP contribution >= 0.6 is 0 Å². The number of anilines is 1. The number of aryl methyl sites for hydroxylation is 1. The Bertz CT molecular complexity index is 1630. The standard InChI is InChI=1S/C43H59N3O10/c1-29(39(48)53-28-33-10-8-7-9-11-33)54-40(49)35(26-31-12-13-31)44(5)38(47)37(21-18-30-16-19-34(20-17-30)46-22-24-52-25-23-46)55-41(50)36(27-32-14-15-32)45(6)42(51)56-43(2,3)4/h7-11,16-17,19-20,29,31-32,35-37H,12-15,18,21-28H2,1-6H3/t29-,35+,36+,37-/m1/s1. The van der Waals surface area contributed by atoms with Crippen LogP contribution in [-0.2, 0) is 55.9 Å². The number of hydrogen-bond acceptors (Lipinski definition) is 11. The van der Waals surface area contributed by atoms with Gasteiger partial charge in [0.05, 0.1) is 13.2 Å². The summed E-state index contributed by atoms with van der Waals surface area (Å²) < 4.78 is 28.1. The van der Waals surface area contributed by atoms with Crippen LogP contribution in [0.2, 0.25) is 0 Å². The van der Waals surface area contributed by atoms with Gasteiger partial charge in [-0.05, 0) is 88.5 Å². The van der Waals surface area contributed by atoms with E-state index in [1.807, 2.05) is 54.6 Å². The SMILES string of the molecule is C[C@@H](OC(=O)[C@H](CC1CC1)N(C)C(=O)[C@@H](CCc1ccc(N2CCOCC2)cc1)OC(=O)[C@H](CC1CC1)N(C)C(=O)OC(C)(C)C)C(=O)OCc1ccccc1. The first-order valence-electron chi connectivity index (χ1n) is 19.9. The minimum absolute atomic E-state index is 0.0271. The minimum Gasteiger partial charge on any atom is -0.458 e. The third kappa shape index (κ3) is 13.0. The van der Waals surface area contributed by atoms with Crippen LogP contribution in [0.3, 0.4) is 0 Å². The van der Waals surface area contributed by atoms with E-state index in [0.29, 0.717) is 32.5 Å². The van der Waals surface area contributed by atoms with Gasteiger partial charge in [0, 0.05) is 32.9 Å². The topological polar surface area (TPSA) is 141 Å². The highest BCUT2D eigenvalue weighted by Crippen LogP contribution is 2.36. The molecule has 1 saturated heterocycles. The Morgan fingerprint density at radius 2 is 1.34 bits per heavy atom. The highest BCUT2D eigenvalue weighted by Gasteiger charge is 2.42. The molecule has 2 aliphatic carbocycles. The molecule has 0 bridgehead atoms. The molecular weight excluding hydrogens is 718 g/mol. The number of benzene rings is 2. The van der Waals surface area contributed by atoms with Crippen LogP contribution in [0.4, 0.5) is 10.5 Å². The van der Waals surface area contributed by atoms with Gasteiger partial charge in [-0.3, -0.25) is 9.69 Å². The molecule has 0 N–H and O–H groups in total. The van der Waals surface area contributed by atoms with Crippen molar-refractivity contribution in [3.8, 4) is 0 Å². The van der Waals surface area contributed by atoms with Gasteiger partial charge in [-0.1, -0.05) is 68.1 Å². The third-order valence-corrected chi connectivity index (χ3v) is 10.4. The first kappa shape index (κ1) is 42.5. The van der Waals surface area contributed by atoms with E-state index in [2.05, 4.69) is 4.90 Å². The van der Waals surface area contributed by atoms with Crippen LogP contribution in [0.1, 0.15) is 83.8 Å². The summed E-state index contributed by atoms with van der Waals surface area (Å²) in [4.78, 5) is 73.0. The molecule has 0 aromatic heterocycles. The van der Waals surface area contributed by atoms with Crippen LogP contribution in [0.5, 0.6) is 0 Å². The number of morpholine rings is 1. The summed E-state index contributed by atoms with van der Waals surface area (Å²) in [5, 5.41) is 0. The highest BCUT2D eigenvalue weighted by molar-refractivity contribution is 5.90. The Kier molecular flexibility index (Phi) is 14.8. The average Bonchev–Trinajstić information content (AvgIpc) is 4.13. The molecule has 0 unspecified atom stereocenters. The maximum Gasteiger partial charge on any atom is 0.410 e. The maximum atomic E-state index is 14.5. The summed E-state index contributed by atoms with van der Waals surface area (Å²) in [6, 6.07) is 15.2. The van der Waals surface area contributed by atoms with Gasteiger partial charge in [-0.2, -0.15) is 0 Å². The molecule has 0 spiro atoms. The molecule has 1 aliphatic heterocycles. The van der Waals surface area contributed by atoms with E-state index in [0.717, 1.165) is 55.6 Å². The fraction of sp³-hybridized carbons (Fsp3) is 0.605. The van der Waals surface area contributed by atoms with E-state index in [1.54, 1.807) is 20.8 Å². The summed E-state index contributed by atoms with van der Waals surface area (Å²) in [5.74, 6) is -2.27. The van der Waals surface area contributed by atoms with Gasteiger partial charge in [0.2, 0.25) is 0 Å². The van der Waals surface area contributed by atoms with E-state index in [4.69, 9.17) is 23.7 Å². The van der Waals surface area contributed by atoms with E-state index in [1.165, 1.54) is 30.8 Å². The molecule has 2 aromatic rings. The molecule has 3 fully saturated rings. The number of rotatable bonds is 18. The van der Waals surface area contributed by atoms with Gasteiger partial charge in [0.25, 0.3) is 5.91 Å². The van der Waals surface area contributed by atoms with E-state index < -0.39 is 59.8 Å². The Hall–Kier alpha value is -4.65. The van der Waals surface area contributed by atoms with Gasteiger partial charge in [-0.25, -0.2) is 19.2 Å². The van der Waals surface area contributed by atoms with Crippen molar-refractivity contribution in [1.29, 1.82) is 0 Å². The van der Waals surface area contributed by atoms with Crippen molar-refractivity contribution in [2.45, 2.75) is 116 Å². The zero-order chi connectivity index (χ0) is 40.4. The lowest BCUT2D eigenvalue weighted by molar-refractivity contribution is -0.174. The van der Waals surface area contributed by atoms with Crippen molar-refractivity contribution in [2.24, 2.45) is 11.8 Å². The molecule has 13 heteroatoms. The lowest BCUT2D eigenvalue weighted by Crippen LogP contribution is -2.51. The van der Waals surface area contributed by atoms with Crippen LogP contribution < -0.4 is 4.90 Å². The highest BCUT2D eigenvalue weighted by atomic mass is 16.6. The fourth-order valence-electron chi connectivity index (χ4n) is 6.60. The number of carbonyl (C=O) groups is 5. The average molecular weight is 778 g/mol. The predicted molar refractivity (Wildman–Crippen MR) is 208 cm³/mol. The zero-order valence-corrected chi connectivity index (χ0v) is 33.8. The summed E-state index contributed by atoms with van der Waals surface area (Å²) in [7, 11) is 3.01. The molecule has 2 aromatic carbocycles. The number of nitrogens with zero attached hydrogens (tertiary/aromatic N) is 3. The van der Waals surface area contributed by atoms with Gasteiger partial charge in [-0.15, -0.1) is 0 Å². The molecule has 56 heavy (non-hydrogen) atoms. The van der Waals surface area contributed by atoms with Gasteiger partial charge in [0.15, 0.2) is 12.2 Å². The van der Waals surface area contributed by atoms with Crippen molar-refractivity contribution in [2.75, 3.05) is 45.3 Å². The number of ether oxygens (including phenoxy) is 5. The van der Waals surface area contributed by atoms with E-state index >= 15 is 0 Å². The molecule has 0 radical (unpaired) electrons. The summed E-state index contributed by atoms with van der Waals surface area (Å²) >= 11 is 0. The van der Waals surface area contributed by atoms with Crippen molar-refractivity contribution >= 4 is 35.6 Å². The van der Waals surface area contributed by atoms with Gasteiger partial charge < -0.3 is 33.5 Å². The lowest BCUT2D eigenvalue weighted by atomic mass is 10.0. The summed E-state index contributed by atoms with van der Waals surface area (Å²) in [6.07, 6.45) is 1.76. The van der Waals surface area contributed by atoms with E-state index in [-0.39, 0.29) is 24.9 Å². The molecule has 3 aliphatic rings. The van der Waals surface area contributed by atoms with E-state index in [9.17, 15) is 24.0 Å². The monoisotopic (exact) mass is 777 g/mol. The number of hydrogen-bond donors (Lipinski definition) is 0. The minimum atomic E-state index is -1.28. The summed E-state index contributed by atoms with van der Waals surface area (Å²) in [6.45, 7) is 9.67. The van der Waals surface area contributed by atoms with Crippen molar-refractivity contribution < 1.29 is 47.7 Å². The maximum absolute atomic E-state index is 14.5. The fourth-order valence-corrected chi connectivity index (χ4v) is 6.60. The molecule has 4 atom stereocenters.